The molecule has 100 valence electrons. The molecule has 1 aromatic rings. The highest BCUT2D eigenvalue weighted by molar-refractivity contribution is 7.10. The van der Waals surface area contributed by atoms with Gasteiger partial charge in [0.25, 0.3) is 0 Å². The fourth-order valence-corrected chi connectivity index (χ4v) is 1.61. The van der Waals surface area contributed by atoms with E-state index in [1.54, 1.807) is 0 Å². The van der Waals surface area contributed by atoms with E-state index in [1.165, 1.54) is 0 Å². The third kappa shape index (κ3) is 3.22. The molecule has 0 aliphatic heterocycles. The van der Waals surface area contributed by atoms with Crippen LogP contribution in [0.1, 0.15) is 4.88 Å². The second-order valence-electron chi connectivity index (χ2n) is 2.86. The Bertz CT molecular complexity index is 492. The maximum Gasteiger partial charge on any atom is 0.491 e. The first kappa shape index (κ1) is 14.5. The highest BCUT2D eigenvalue weighted by Crippen LogP contribution is 2.25. The monoisotopic (exact) mass is 292 g/mol. The number of hydrogen-bond acceptors (Lipinski definition) is 4. The van der Waals surface area contributed by atoms with Crippen LogP contribution in [0, 0.1) is 16.8 Å². The van der Waals surface area contributed by atoms with E-state index in [4.69, 9.17) is 0 Å². The summed E-state index contributed by atoms with van der Waals surface area (Å²) in [7, 11) is 0. The smallest absolute Gasteiger partial charge is 0.386 e. The van der Waals surface area contributed by atoms with Gasteiger partial charge in [-0.25, -0.2) is 9.18 Å². The number of ether oxygens (including phenoxy) is 1. The van der Waals surface area contributed by atoms with Crippen LogP contribution in [0.5, 0.6) is 0 Å². The van der Waals surface area contributed by atoms with Crippen molar-refractivity contribution in [1.82, 2.24) is 0 Å². The molecule has 0 radical (unpaired) electrons. The number of thiophene rings is 1. The summed E-state index contributed by atoms with van der Waals surface area (Å²) in [6, 6.07) is 0. The molecule has 1 aromatic heterocycles. The molecule has 1 heterocycles. The Morgan fingerprint density at radius 1 is 1.11 bits per heavy atom. The first-order chi connectivity index (χ1) is 8.12. The quantitative estimate of drug-likeness (QED) is 0.477. The molecule has 3 nitrogen and oxygen atoms in total. The number of alkyl halides is 3. The van der Waals surface area contributed by atoms with E-state index in [2.05, 4.69) is 4.74 Å². The Morgan fingerprint density at radius 3 is 2.06 bits per heavy atom. The fourth-order valence-electron chi connectivity index (χ4n) is 0.849. The molecule has 0 aliphatic carbocycles. The van der Waals surface area contributed by atoms with E-state index in [-0.39, 0.29) is 11.3 Å². The minimum Gasteiger partial charge on any atom is -0.386 e. The van der Waals surface area contributed by atoms with E-state index < -0.39 is 46.2 Å². The van der Waals surface area contributed by atoms with Crippen LogP contribution in [0.15, 0.2) is 0 Å². The second-order valence-corrected chi connectivity index (χ2v) is 3.92. The number of rotatable bonds is 2. The van der Waals surface area contributed by atoms with Crippen molar-refractivity contribution in [2.45, 2.75) is 12.6 Å². The molecular weight excluding hydrogens is 290 g/mol. The first-order valence-corrected chi connectivity index (χ1v) is 4.88. The van der Waals surface area contributed by atoms with Gasteiger partial charge in [-0.15, -0.1) is 11.3 Å². The van der Waals surface area contributed by atoms with Crippen molar-refractivity contribution >= 4 is 23.3 Å². The number of carbonyl (C=O) groups excluding carboxylic acids is 2. The Hall–Kier alpha value is -1.58. The summed E-state index contributed by atoms with van der Waals surface area (Å²) in [6.45, 7) is 0. The van der Waals surface area contributed by atoms with Gasteiger partial charge in [-0.1, -0.05) is 0 Å². The minimum atomic E-state index is -5.39. The summed E-state index contributed by atoms with van der Waals surface area (Å²) in [5.74, 6) is -8.10. The van der Waals surface area contributed by atoms with Crippen molar-refractivity contribution in [2.24, 2.45) is 0 Å². The zero-order chi connectivity index (χ0) is 14.1. The largest absolute Gasteiger partial charge is 0.491 e. The summed E-state index contributed by atoms with van der Waals surface area (Å²) in [5, 5.41) is -1.56. The summed E-state index contributed by atoms with van der Waals surface area (Å²) in [5.41, 5.74) is 0. The van der Waals surface area contributed by atoms with Crippen molar-refractivity contribution in [3.05, 3.63) is 21.6 Å². The summed E-state index contributed by atoms with van der Waals surface area (Å²) < 4.78 is 76.2. The fraction of sp³-hybridized carbons (Fsp3) is 0.250. The standard InChI is InChI=1S/C8H2F6O3S/c9-4-2(18-6(11)5(4)10)1-3(15)17-7(16)8(12,13)14/h1H2. The van der Waals surface area contributed by atoms with Crippen molar-refractivity contribution in [3.8, 4) is 0 Å². The lowest BCUT2D eigenvalue weighted by molar-refractivity contribution is -0.201. The molecule has 0 saturated carbocycles. The van der Waals surface area contributed by atoms with Gasteiger partial charge in [0, 0.05) is 0 Å². The summed E-state index contributed by atoms with van der Waals surface area (Å²) >= 11 is -0.106. The molecule has 0 spiro atoms. The predicted molar refractivity (Wildman–Crippen MR) is 45.1 cm³/mol. The number of halogens is 6. The Kier molecular flexibility index (Phi) is 3.99. The van der Waals surface area contributed by atoms with Gasteiger partial charge < -0.3 is 4.74 Å². The van der Waals surface area contributed by atoms with Gasteiger partial charge in [0.05, 0.1) is 11.3 Å². The average Bonchev–Trinajstić information content (AvgIpc) is 2.45. The van der Waals surface area contributed by atoms with E-state index in [9.17, 15) is 35.9 Å². The third-order valence-electron chi connectivity index (χ3n) is 1.57. The van der Waals surface area contributed by atoms with E-state index in [0.29, 0.717) is 0 Å². The number of carbonyl (C=O) groups is 2. The van der Waals surface area contributed by atoms with Crippen LogP contribution < -0.4 is 0 Å². The molecule has 18 heavy (non-hydrogen) atoms. The normalized spacial score (nSPS) is 11.4. The number of esters is 2. The average molecular weight is 292 g/mol. The maximum absolute atomic E-state index is 12.8. The van der Waals surface area contributed by atoms with Crippen LogP contribution in [-0.2, 0) is 20.7 Å². The molecule has 0 saturated heterocycles. The van der Waals surface area contributed by atoms with Gasteiger partial charge in [0.1, 0.15) is 0 Å². The lowest BCUT2D eigenvalue weighted by atomic mass is 10.3. The van der Waals surface area contributed by atoms with Gasteiger partial charge in [-0.2, -0.15) is 22.0 Å². The van der Waals surface area contributed by atoms with Crippen LogP contribution in [0.2, 0.25) is 0 Å². The molecule has 0 aliphatic rings. The Balaban J connectivity index is 2.72. The van der Waals surface area contributed by atoms with Gasteiger partial charge in [0.15, 0.2) is 5.82 Å². The van der Waals surface area contributed by atoms with Gasteiger partial charge >= 0.3 is 18.1 Å². The van der Waals surface area contributed by atoms with Gasteiger partial charge in [-0.3, -0.25) is 4.79 Å². The predicted octanol–water partition coefficient (Wildman–Crippen LogP) is 2.34. The zero-order valence-corrected chi connectivity index (χ0v) is 8.92. The molecule has 0 atom stereocenters. The second kappa shape index (κ2) is 4.96. The minimum absolute atomic E-state index is 0.106. The molecule has 1 rings (SSSR count). The SMILES string of the molecule is O=C(Cc1sc(F)c(F)c1F)OC(=O)C(F)(F)F. The molecule has 0 bridgehead atoms. The van der Waals surface area contributed by atoms with Gasteiger partial charge in [0.2, 0.25) is 10.9 Å². The zero-order valence-electron chi connectivity index (χ0n) is 8.11. The summed E-state index contributed by atoms with van der Waals surface area (Å²) in [4.78, 5) is 20.2. The Labute approximate surface area is 99.0 Å². The third-order valence-corrected chi connectivity index (χ3v) is 2.49. The molecular formula is C8H2F6O3S. The van der Waals surface area contributed by atoms with E-state index in [0.717, 1.165) is 0 Å². The van der Waals surface area contributed by atoms with Crippen molar-refractivity contribution in [2.75, 3.05) is 0 Å². The lowest BCUT2D eigenvalue weighted by Gasteiger charge is -2.04. The van der Waals surface area contributed by atoms with Crippen LogP contribution in [-0.4, -0.2) is 18.1 Å². The summed E-state index contributed by atoms with van der Waals surface area (Å²) in [6.07, 6.45) is -6.57. The van der Waals surface area contributed by atoms with E-state index >= 15 is 0 Å². The van der Waals surface area contributed by atoms with E-state index in [1.807, 2.05) is 0 Å². The van der Waals surface area contributed by atoms with Crippen LogP contribution in [0.25, 0.3) is 0 Å². The molecule has 0 aromatic carbocycles. The highest BCUT2D eigenvalue weighted by Gasteiger charge is 2.42. The van der Waals surface area contributed by atoms with Crippen LogP contribution in [0.3, 0.4) is 0 Å². The van der Waals surface area contributed by atoms with Crippen LogP contribution in [0.4, 0.5) is 26.3 Å². The lowest BCUT2D eigenvalue weighted by Crippen LogP contribution is -2.28. The van der Waals surface area contributed by atoms with Crippen molar-refractivity contribution in [1.29, 1.82) is 0 Å². The Morgan fingerprint density at radius 2 is 1.67 bits per heavy atom. The van der Waals surface area contributed by atoms with Crippen LogP contribution >= 0.6 is 11.3 Å². The maximum atomic E-state index is 12.8. The molecule has 10 heteroatoms. The first-order valence-electron chi connectivity index (χ1n) is 4.07. The number of hydrogen-bond donors (Lipinski definition) is 0. The van der Waals surface area contributed by atoms with Crippen molar-refractivity contribution in [3.63, 3.8) is 0 Å². The molecule has 0 amide bonds. The molecule has 0 fully saturated rings. The topological polar surface area (TPSA) is 43.4 Å². The molecule has 0 unspecified atom stereocenters. The van der Waals surface area contributed by atoms with Crippen molar-refractivity contribution < 1.29 is 40.7 Å². The highest BCUT2D eigenvalue weighted by atomic mass is 32.1. The van der Waals surface area contributed by atoms with Gasteiger partial charge in [-0.05, 0) is 0 Å². The molecule has 0 N–H and O–H groups in total.